The minimum absolute atomic E-state index is 0.253. The molecule has 2 heterocycles. The topological polar surface area (TPSA) is 41.9 Å². The van der Waals surface area contributed by atoms with Gasteiger partial charge in [-0.2, -0.15) is 0 Å². The van der Waals surface area contributed by atoms with Gasteiger partial charge in [0.25, 0.3) is 0 Å². The highest BCUT2D eigenvalue weighted by Gasteiger charge is 2.40. The third-order valence-corrected chi connectivity index (χ3v) is 3.52. The van der Waals surface area contributed by atoms with Crippen molar-refractivity contribution in [2.24, 2.45) is 5.92 Å². The van der Waals surface area contributed by atoms with Gasteiger partial charge in [-0.25, -0.2) is 0 Å². The summed E-state index contributed by atoms with van der Waals surface area (Å²) in [5.74, 6) is -0.0575. The van der Waals surface area contributed by atoms with Gasteiger partial charge in [0.05, 0.1) is 25.9 Å². The predicted molar refractivity (Wildman–Crippen MR) is 61.2 cm³/mol. The van der Waals surface area contributed by atoms with E-state index in [2.05, 4.69) is 4.90 Å². The number of likely N-dealkylation sites (tertiary alicyclic amines) is 1. The number of aliphatic hydroxyl groups excluding tert-OH is 1. The Kier molecular flexibility index (Phi) is 3.85. The number of hydrogen-bond acceptors (Lipinski definition) is 4. The van der Waals surface area contributed by atoms with E-state index in [0.29, 0.717) is 19.1 Å². The molecule has 1 unspecified atom stereocenters. The highest BCUT2D eigenvalue weighted by atomic mass is 16.7. The van der Waals surface area contributed by atoms with Gasteiger partial charge in [-0.15, -0.1) is 0 Å². The van der Waals surface area contributed by atoms with Gasteiger partial charge < -0.3 is 14.6 Å². The van der Waals surface area contributed by atoms with Crippen LogP contribution < -0.4 is 0 Å². The first-order valence-electron chi connectivity index (χ1n) is 6.30. The Morgan fingerprint density at radius 3 is 2.62 bits per heavy atom. The molecule has 2 fully saturated rings. The van der Waals surface area contributed by atoms with Crippen molar-refractivity contribution in [2.45, 2.75) is 38.6 Å². The number of ether oxygens (including phenoxy) is 2. The highest BCUT2D eigenvalue weighted by Crippen LogP contribution is 2.30. The molecule has 0 bridgehead atoms. The first-order valence-corrected chi connectivity index (χ1v) is 6.30. The second kappa shape index (κ2) is 5.00. The van der Waals surface area contributed by atoms with Crippen LogP contribution >= 0.6 is 0 Å². The highest BCUT2D eigenvalue weighted by molar-refractivity contribution is 4.85. The van der Waals surface area contributed by atoms with Crippen LogP contribution in [-0.4, -0.2) is 54.7 Å². The maximum absolute atomic E-state index is 9.89. The van der Waals surface area contributed by atoms with E-state index in [1.165, 1.54) is 0 Å². The van der Waals surface area contributed by atoms with Crippen molar-refractivity contribution in [1.82, 2.24) is 4.90 Å². The zero-order valence-corrected chi connectivity index (χ0v) is 10.3. The number of β-amino-alcohol motifs (C(OH)–C–C–N with tert-alkyl or cyclic N) is 1. The van der Waals surface area contributed by atoms with E-state index in [0.717, 1.165) is 32.5 Å². The van der Waals surface area contributed by atoms with E-state index in [-0.39, 0.29) is 11.9 Å². The minimum Gasteiger partial charge on any atom is -0.392 e. The third-order valence-electron chi connectivity index (χ3n) is 3.52. The molecule has 2 aliphatic heterocycles. The molecule has 0 aromatic carbocycles. The Morgan fingerprint density at radius 2 is 2.00 bits per heavy atom. The average Bonchev–Trinajstić information content (AvgIpc) is 2.66. The van der Waals surface area contributed by atoms with Crippen LogP contribution in [0.5, 0.6) is 0 Å². The molecule has 0 radical (unpaired) electrons. The monoisotopic (exact) mass is 229 g/mol. The first kappa shape index (κ1) is 12.3. The molecule has 2 rings (SSSR count). The molecule has 0 aliphatic carbocycles. The van der Waals surface area contributed by atoms with Crippen LogP contribution in [0.25, 0.3) is 0 Å². The Bertz CT molecular complexity index is 226. The smallest absolute Gasteiger partial charge is 0.181 e. The summed E-state index contributed by atoms with van der Waals surface area (Å²) < 4.78 is 11.4. The lowest BCUT2D eigenvalue weighted by atomic mass is 10.0. The summed E-state index contributed by atoms with van der Waals surface area (Å²) >= 11 is 0. The second-order valence-electron chi connectivity index (χ2n) is 5.26. The van der Waals surface area contributed by atoms with Gasteiger partial charge in [0, 0.05) is 13.0 Å². The molecule has 4 heteroatoms. The molecule has 0 aromatic rings. The average molecular weight is 229 g/mol. The zero-order chi connectivity index (χ0) is 11.6. The molecule has 2 saturated heterocycles. The molecule has 0 amide bonds. The van der Waals surface area contributed by atoms with Crippen LogP contribution in [0.1, 0.15) is 26.7 Å². The molecule has 0 aromatic heterocycles. The molecular formula is C12H23NO3. The second-order valence-corrected chi connectivity index (χ2v) is 5.26. The van der Waals surface area contributed by atoms with Crippen molar-refractivity contribution in [3.8, 4) is 0 Å². The molecular weight excluding hydrogens is 206 g/mol. The van der Waals surface area contributed by atoms with E-state index in [4.69, 9.17) is 9.47 Å². The quantitative estimate of drug-likeness (QED) is 0.779. The van der Waals surface area contributed by atoms with E-state index < -0.39 is 0 Å². The van der Waals surface area contributed by atoms with Crippen molar-refractivity contribution in [1.29, 1.82) is 0 Å². The number of aliphatic hydroxyl groups is 1. The molecule has 1 spiro atoms. The summed E-state index contributed by atoms with van der Waals surface area (Å²) in [4.78, 5) is 2.26. The van der Waals surface area contributed by atoms with Gasteiger partial charge >= 0.3 is 0 Å². The van der Waals surface area contributed by atoms with Gasteiger partial charge in [-0.3, -0.25) is 4.90 Å². The SMILES string of the molecule is CC(C)C(O)CN1CCCC2(C1)OCCO2. The number of nitrogens with zero attached hydrogens (tertiary/aromatic N) is 1. The first-order chi connectivity index (χ1) is 7.61. The number of piperidine rings is 1. The number of rotatable bonds is 3. The van der Waals surface area contributed by atoms with Crippen LogP contribution in [0.3, 0.4) is 0 Å². The van der Waals surface area contributed by atoms with Crippen molar-refractivity contribution < 1.29 is 14.6 Å². The van der Waals surface area contributed by atoms with Gasteiger partial charge in [0.15, 0.2) is 5.79 Å². The Balaban J connectivity index is 1.87. The normalized spacial score (nSPS) is 27.8. The van der Waals surface area contributed by atoms with E-state index in [1.54, 1.807) is 0 Å². The van der Waals surface area contributed by atoms with Crippen molar-refractivity contribution in [3.63, 3.8) is 0 Å². The summed E-state index contributed by atoms with van der Waals surface area (Å²) in [7, 11) is 0. The van der Waals surface area contributed by atoms with E-state index in [1.807, 2.05) is 13.8 Å². The van der Waals surface area contributed by atoms with Gasteiger partial charge in [-0.05, 0) is 18.9 Å². The standard InChI is InChI=1S/C12H23NO3/c1-10(2)11(14)8-13-5-3-4-12(9-13)15-6-7-16-12/h10-11,14H,3-9H2,1-2H3. The molecule has 2 aliphatic rings. The molecule has 0 saturated carbocycles. The maximum Gasteiger partial charge on any atom is 0.181 e. The summed E-state index contributed by atoms with van der Waals surface area (Å²) in [5, 5.41) is 9.89. The lowest BCUT2D eigenvalue weighted by Gasteiger charge is -2.39. The molecule has 1 N–H and O–H groups in total. The van der Waals surface area contributed by atoms with Crippen molar-refractivity contribution in [2.75, 3.05) is 32.8 Å². The van der Waals surface area contributed by atoms with Crippen LogP contribution in [0.4, 0.5) is 0 Å². The zero-order valence-electron chi connectivity index (χ0n) is 10.3. The summed E-state index contributed by atoms with van der Waals surface area (Å²) in [6.45, 7) is 8.09. The fourth-order valence-electron chi connectivity index (χ4n) is 2.43. The van der Waals surface area contributed by atoms with Gasteiger partial charge in [-0.1, -0.05) is 13.8 Å². The Labute approximate surface area is 97.5 Å². The molecule has 4 nitrogen and oxygen atoms in total. The largest absolute Gasteiger partial charge is 0.392 e. The van der Waals surface area contributed by atoms with Crippen LogP contribution in [-0.2, 0) is 9.47 Å². The predicted octanol–water partition coefficient (Wildman–Crippen LogP) is 0.842. The van der Waals surface area contributed by atoms with Crippen molar-refractivity contribution >= 4 is 0 Å². The third kappa shape index (κ3) is 2.74. The Morgan fingerprint density at radius 1 is 1.31 bits per heavy atom. The van der Waals surface area contributed by atoms with Crippen LogP contribution in [0.15, 0.2) is 0 Å². The fraction of sp³-hybridized carbons (Fsp3) is 1.00. The molecule has 94 valence electrons. The van der Waals surface area contributed by atoms with Crippen molar-refractivity contribution in [3.05, 3.63) is 0 Å². The summed E-state index contributed by atoms with van der Waals surface area (Å²) in [5.41, 5.74) is 0. The van der Waals surface area contributed by atoms with Crippen LogP contribution in [0, 0.1) is 5.92 Å². The van der Waals surface area contributed by atoms with E-state index in [9.17, 15) is 5.11 Å². The fourth-order valence-corrected chi connectivity index (χ4v) is 2.43. The molecule has 16 heavy (non-hydrogen) atoms. The van der Waals surface area contributed by atoms with Crippen LogP contribution in [0.2, 0.25) is 0 Å². The van der Waals surface area contributed by atoms with Gasteiger partial charge in [0.2, 0.25) is 0 Å². The van der Waals surface area contributed by atoms with Gasteiger partial charge in [0.1, 0.15) is 0 Å². The van der Waals surface area contributed by atoms with E-state index >= 15 is 0 Å². The lowest BCUT2D eigenvalue weighted by molar-refractivity contribution is -0.191. The lowest BCUT2D eigenvalue weighted by Crippen LogP contribution is -2.51. The summed E-state index contributed by atoms with van der Waals surface area (Å²) in [6, 6.07) is 0. The maximum atomic E-state index is 9.89. The minimum atomic E-state index is -0.366. The summed E-state index contributed by atoms with van der Waals surface area (Å²) in [6.07, 6.45) is 1.82. The Hall–Kier alpha value is -0.160. The molecule has 1 atom stereocenters. The number of hydrogen-bond donors (Lipinski definition) is 1.